The minimum absolute atomic E-state index is 0.0223. The molecule has 1 aromatic carbocycles. The van der Waals surface area contributed by atoms with Crippen molar-refractivity contribution in [3.05, 3.63) is 33.9 Å². The van der Waals surface area contributed by atoms with Crippen molar-refractivity contribution < 1.29 is 24.0 Å². The van der Waals surface area contributed by atoms with Gasteiger partial charge >= 0.3 is 5.69 Å². The number of benzene rings is 1. The van der Waals surface area contributed by atoms with Gasteiger partial charge in [-0.15, -0.1) is 0 Å². The Bertz CT molecular complexity index is 462. The van der Waals surface area contributed by atoms with Gasteiger partial charge in [-0.3, -0.25) is 19.7 Å². The van der Waals surface area contributed by atoms with Crippen molar-refractivity contribution in [3.63, 3.8) is 0 Å². The Kier molecular flexibility index (Phi) is 5.71. The molecule has 1 amide bonds. The van der Waals surface area contributed by atoms with Crippen LogP contribution in [0.1, 0.15) is 10.4 Å². The fourth-order valence-electron chi connectivity index (χ4n) is 1.36. The van der Waals surface area contributed by atoms with E-state index in [9.17, 15) is 14.9 Å². The summed E-state index contributed by atoms with van der Waals surface area (Å²) in [7, 11) is 2.75. The lowest BCUT2D eigenvalue weighted by molar-refractivity contribution is -0.385. The van der Waals surface area contributed by atoms with Crippen molar-refractivity contribution in [2.24, 2.45) is 0 Å². The smallest absolute Gasteiger partial charge is 0.311 e. The van der Waals surface area contributed by atoms with E-state index in [2.05, 4.69) is 5.48 Å². The molecular weight excluding hydrogens is 256 g/mol. The van der Waals surface area contributed by atoms with E-state index in [1.54, 1.807) is 0 Å². The quantitative estimate of drug-likeness (QED) is 0.449. The summed E-state index contributed by atoms with van der Waals surface area (Å²) in [6, 6.07) is 4.05. The molecule has 1 rings (SSSR count). The lowest BCUT2D eigenvalue weighted by Gasteiger charge is -2.09. The molecule has 0 saturated heterocycles. The predicted octanol–water partition coefficient (Wildman–Crippen LogP) is 0.911. The van der Waals surface area contributed by atoms with E-state index in [1.165, 1.54) is 32.4 Å². The molecule has 0 atom stereocenters. The van der Waals surface area contributed by atoms with Crippen molar-refractivity contribution in [3.8, 4) is 5.75 Å². The van der Waals surface area contributed by atoms with E-state index >= 15 is 0 Å². The number of nitro groups is 1. The van der Waals surface area contributed by atoms with Gasteiger partial charge in [0, 0.05) is 13.2 Å². The lowest BCUT2D eigenvalue weighted by Crippen LogP contribution is -2.26. The topological polar surface area (TPSA) is 99.9 Å². The van der Waals surface area contributed by atoms with Crippen LogP contribution < -0.4 is 10.2 Å². The van der Waals surface area contributed by atoms with Gasteiger partial charge in [-0.1, -0.05) is 6.07 Å². The number of carbonyl (C=O) groups excluding carboxylic acids is 1. The molecule has 0 aliphatic heterocycles. The molecule has 0 radical (unpaired) electrons. The first kappa shape index (κ1) is 14.9. The Morgan fingerprint density at radius 2 is 2.11 bits per heavy atom. The third-order valence-electron chi connectivity index (χ3n) is 2.19. The van der Waals surface area contributed by atoms with Gasteiger partial charge in [0.1, 0.15) is 0 Å². The molecule has 0 fully saturated rings. The van der Waals surface area contributed by atoms with Crippen molar-refractivity contribution in [2.45, 2.75) is 0 Å². The second-order valence-corrected chi connectivity index (χ2v) is 3.39. The number of nitrogens with zero attached hydrogens (tertiary/aromatic N) is 1. The Balaban J connectivity index is 2.84. The Hall–Kier alpha value is -2.19. The normalized spacial score (nSPS) is 10.0. The summed E-state index contributed by atoms with van der Waals surface area (Å²) in [4.78, 5) is 26.8. The third-order valence-corrected chi connectivity index (χ3v) is 2.19. The molecule has 0 saturated carbocycles. The number of rotatable bonds is 7. The van der Waals surface area contributed by atoms with Gasteiger partial charge in [-0.2, -0.15) is 0 Å². The van der Waals surface area contributed by atoms with E-state index in [1.807, 2.05) is 0 Å². The maximum Gasteiger partial charge on any atom is 0.311 e. The minimum atomic E-state index is -0.628. The van der Waals surface area contributed by atoms with Gasteiger partial charge in [-0.05, 0) is 6.07 Å². The van der Waals surface area contributed by atoms with E-state index in [4.69, 9.17) is 14.3 Å². The van der Waals surface area contributed by atoms with Crippen molar-refractivity contribution in [2.75, 3.05) is 27.4 Å². The average Bonchev–Trinajstić information content (AvgIpc) is 2.42. The standard InChI is InChI=1S/C11H14N2O6/c1-17-6-7-19-12-11(14)8-4-3-5-9(13(15)16)10(8)18-2/h3-5H,6-7H2,1-2H3,(H,12,14). The average molecular weight is 270 g/mol. The van der Waals surface area contributed by atoms with Crippen molar-refractivity contribution >= 4 is 11.6 Å². The molecule has 0 bridgehead atoms. The number of amides is 1. The summed E-state index contributed by atoms with van der Waals surface area (Å²) >= 11 is 0. The second-order valence-electron chi connectivity index (χ2n) is 3.39. The first-order valence-electron chi connectivity index (χ1n) is 5.34. The maximum absolute atomic E-state index is 11.8. The Morgan fingerprint density at radius 1 is 1.37 bits per heavy atom. The molecule has 8 nitrogen and oxygen atoms in total. The van der Waals surface area contributed by atoms with Crippen LogP contribution in [-0.4, -0.2) is 38.3 Å². The highest BCUT2D eigenvalue weighted by Gasteiger charge is 2.22. The van der Waals surface area contributed by atoms with Gasteiger partial charge in [0.25, 0.3) is 5.91 Å². The number of hydroxylamine groups is 1. The van der Waals surface area contributed by atoms with Crippen molar-refractivity contribution in [1.82, 2.24) is 5.48 Å². The number of nitro benzene ring substituents is 1. The van der Waals surface area contributed by atoms with E-state index < -0.39 is 10.8 Å². The molecular formula is C11H14N2O6. The molecule has 19 heavy (non-hydrogen) atoms. The van der Waals surface area contributed by atoms with Crippen LogP contribution in [0.25, 0.3) is 0 Å². The molecule has 1 aromatic rings. The largest absolute Gasteiger partial charge is 0.490 e. The summed E-state index contributed by atoms with van der Waals surface area (Å²) in [5.74, 6) is -0.739. The van der Waals surface area contributed by atoms with E-state index in [0.717, 1.165) is 0 Å². The van der Waals surface area contributed by atoms with Crippen LogP contribution in [0.2, 0.25) is 0 Å². The summed E-state index contributed by atoms with van der Waals surface area (Å²) in [6.45, 7) is 0.478. The maximum atomic E-state index is 11.8. The fraction of sp³-hybridized carbons (Fsp3) is 0.364. The van der Waals surface area contributed by atoms with E-state index in [0.29, 0.717) is 6.61 Å². The van der Waals surface area contributed by atoms with Crippen LogP contribution >= 0.6 is 0 Å². The van der Waals surface area contributed by atoms with Gasteiger partial charge < -0.3 is 9.47 Å². The molecule has 104 valence electrons. The lowest BCUT2D eigenvalue weighted by atomic mass is 10.1. The number of para-hydroxylation sites is 1. The highest BCUT2D eigenvalue weighted by Crippen LogP contribution is 2.30. The number of methoxy groups -OCH3 is 2. The van der Waals surface area contributed by atoms with Crippen LogP contribution in [0.5, 0.6) is 5.75 Å². The number of nitrogens with one attached hydrogen (secondary N) is 1. The summed E-state index contributed by atoms with van der Waals surface area (Å²) in [6.07, 6.45) is 0. The molecule has 0 unspecified atom stereocenters. The molecule has 0 spiro atoms. The van der Waals surface area contributed by atoms with Crippen molar-refractivity contribution in [1.29, 1.82) is 0 Å². The van der Waals surface area contributed by atoms with Gasteiger partial charge in [0.2, 0.25) is 5.75 Å². The zero-order chi connectivity index (χ0) is 14.3. The van der Waals surface area contributed by atoms with Crippen LogP contribution in [0.4, 0.5) is 5.69 Å². The molecule has 1 N–H and O–H groups in total. The molecule has 0 heterocycles. The predicted molar refractivity (Wildman–Crippen MR) is 64.9 cm³/mol. The number of hydrogen-bond donors (Lipinski definition) is 1. The van der Waals surface area contributed by atoms with Crippen LogP contribution in [0.15, 0.2) is 18.2 Å². The third kappa shape index (κ3) is 3.90. The van der Waals surface area contributed by atoms with Gasteiger partial charge in [0.15, 0.2) is 0 Å². The second kappa shape index (κ2) is 7.29. The molecule has 0 aromatic heterocycles. The van der Waals surface area contributed by atoms with Crippen LogP contribution in [-0.2, 0) is 9.57 Å². The Morgan fingerprint density at radius 3 is 2.68 bits per heavy atom. The number of hydrogen-bond acceptors (Lipinski definition) is 6. The summed E-state index contributed by atoms with van der Waals surface area (Å²) < 4.78 is 9.64. The molecule has 8 heteroatoms. The molecule has 0 aliphatic carbocycles. The highest BCUT2D eigenvalue weighted by atomic mass is 16.7. The Labute approximate surface area is 109 Å². The minimum Gasteiger partial charge on any atom is -0.490 e. The molecule has 0 aliphatic rings. The fourth-order valence-corrected chi connectivity index (χ4v) is 1.36. The number of ether oxygens (including phenoxy) is 2. The zero-order valence-corrected chi connectivity index (χ0v) is 10.5. The first-order chi connectivity index (χ1) is 9.11. The monoisotopic (exact) mass is 270 g/mol. The van der Waals surface area contributed by atoms with E-state index in [-0.39, 0.29) is 23.6 Å². The van der Waals surface area contributed by atoms with Crippen LogP contribution in [0.3, 0.4) is 0 Å². The summed E-state index contributed by atoms with van der Waals surface area (Å²) in [5.41, 5.74) is 1.89. The first-order valence-corrected chi connectivity index (χ1v) is 5.34. The van der Waals surface area contributed by atoms with Gasteiger partial charge in [-0.25, -0.2) is 5.48 Å². The SMILES string of the molecule is COCCONC(=O)c1cccc([N+](=O)[O-])c1OC. The highest BCUT2D eigenvalue weighted by molar-refractivity contribution is 5.97. The van der Waals surface area contributed by atoms with Crippen LogP contribution in [0, 0.1) is 10.1 Å². The number of carbonyl (C=O) groups is 1. The summed E-state index contributed by atoms with van der Waals surface area (Å²) in [5, 5.41) is 10.8. The van der Waals surface area contributed by atoms with Gasteiger partial charge in [0.05, 0.1) is 30.8 Å². The zero-order valence-electron chi connectivity index (χ0n) is 10.5.